The third-order valence-electron chi connectivity index (χ3n) is 2.84. The molecule has 12 heavy (non-hydrogen) atoms. The maximum absolute atomic E-state index is 12.7. The zero-order valence-electron chi connectivity index (χ0n) is 7.74. The largest absolute Gasteiger partial charge is 0.199 e. The van der Waals surface area contributed by atoms with Crippen LogP contribution in [0.2, 0.25) is 0 Å². The Bertz CT molecular complexity index is 170. The lowest BCUT2D eigenvalue weighted by atomic mass is 9.80. The highest BCUT2D eigenvalue weighted by Gasteiger charge is 2.20. The van der Waals surface area contributed by atoms with Crippen molar-refractivity contribution in [1.29, 1.82) is 0 Å². The fraction of sp³-hybridized carbons (Fsp3) is 0.800. The average molecular weight is 235 g/mol. The lowest BCUT2D eigenvalue weighted by molar-refractivity contribution is 0.308. The van der Waals surface area contributed by atoms with Crippen molar-refractivity contribution in [2.24, 2.45) is 11.8 Å². The van der Waals surface area contributed by atoms with Gasteiger partial charge in [-0.2, -0.15) is 4.39 Å². The minimum atomic E-state index is -0.121. The first-order valence-corrected chi connectivity index (χ1v) is 5.43. The van der Waals surface area contributed by atoms with E-state index in [0.717, 1.165) is 43.1 Å². The first-order chi connectivity index (χ1) is 5.61. The van der Waals surface area contributed by atoms with Gasteiger partial charge in [0.1, 0.15) is 0 Å². The highest BCUT2D eigenvalue weighted by Crippen LogP contribution is 2.35. The van der Waals surface area contributed by atoms with Crippen LogP contribution in [0.4, 0.5) is 4.39 Å². The predicted octanol–water partition coefficient (Wildman–Crippen LogP) is 4.41. The Hall–Kier alpha value is 0.150. The van der Waals surface area contributed by atoms with E-state index in [1.54, 1.807) is 0 Å². The minimum absolute atomic E-state index is 0.121. The molecular formula is C10H16BrF. The Kier molecular flexibility index (Phi) is 3.76. The molecule has 1 saturated carbocycles. The van der Waals surface area contributed by atoms with Crippen LogP contribution in [0.5, 0.6) is 0 Å². The summed E-state index contributed by atoms with van der Waals surface area (Å²) in [6, 6.07) is 0. The summed E-state index contributed by atoms with van der Waals surface area (Å²) in [5.74, 6) is 1.56. The highest BCUT2D eigenvalue weighted by atomic mass is 79.9. The summed E-state index contributed by atoms with van der Waals surface area (Å²) >= 11 is 2.91. The van der Waals surface area contributed by atoms with E-state index < -0.39 is 0 Å². The summed E-state index contributed by atoms with van der Waals surface area (Å²) in [6.45, 7) is 4.51. The van der Waals surface area contributed by atoms with Crippen LogP contribution in [0, 0.1) is 11.8 Å². The molecule has 0 heterocycles. The van der Waals surface area contributed by atoms with E-state index >= 15 is 0 Å². The van der Waals surface area contributed by atoms with E-state index in [-0.39, 0.29) is 4.74 Å². The van der Waals surface area contributed by atoms with Gasteiger partial charge in [0.15, 0.2) is 4.74 Å². The zero-order chi connectivity index (χ0) is 9.14. The quantitative estimate of drug-likeness (QED) is 0.631. The average Bonchev–Trinajstić information content (AvgIpc) is 2.04. The molecule has 70 valence electrons. The van der Waals surface area contributed by atoms with Crippen molar-refractivity contribution in [3.63, 3.8) is 0 Å². The molecule has 0 atom stereocenters. The lowest BCUT2D eigenvalue weighted by Crippen LogP contribution is -2.13. The normalized spacial score (nSPS) is 24.8. The van der Waals surface area contributed by atoms with Crippen LogP contribution in [-0.4, -0.2) is 0 Å². The van der Waals surface area contributed by atoms with Crippen LogP contribution >= 0.6 is 15.9 Å². The highest BCUT2D eigenvalue weighted by molar-refractivity contribution is 9.11. The van der Waals surface area contributed by atoms with Crippen LogP contribution in [-0.2, 0) is 0 Å². The molecular weight excluding hydrogens is 219 g/mol. The van der Waals surface area contributed by atoms with Gasteiger partial charge in [0.25, 0.3) is 0 Å². The van der Waals surface area contributed by atoms with Gasteiger partial charge in [-0.3, -0.25) is 0 Å². The van der Waals surface area contributed by atoms with Crippen molar-refractivity contribution in [1.82, 2.24) is 0 Å². The first-order valence-electron chi connectivity index (χ1n) is 4.64. The lowest BCUT2D eigenvalue weighted by Gasteiger charge is -2.26. The van der Waals surface area contributed by atoms with Gasteiger partial charge >= 0.3 is 0 Å². The third kappa shape index (κ3) is 2.58. The van der Waals surface area contributed by atoms with Crippen molar-refractivity contribution < 1.29 is 4.39 Å². The van der Waals surface area contributed by atoms with Crippen LogP contribution in [0.15, 0.2) is 10.3 Å². The van der Waals surface area contributed by atoms with Crippen LogP contribution in [0.25, 0.3) is 0 Å². The number of hydrogen-bond donors (Lipinski definition) is 0. The van der Waals surface area contributed by atoms with Gasteiger partial charge in [-0.05, 0) is 59.0 Å². The van der Waals surface area contributed by atoms with Crippen LogP contribution in [0.1, 0.15) is 39.5 Å². The van der Waals surface area contributed by atoms with Crippen molar-refractivity contribution in [2.75, 3.05) is 0 Å². The van der Waals surface area contributed by atoms with E-state index in [4.69, 9.17) is 0 Å². The van der Waals surface area contributed by atoms with Crippen molar-refractivity contribution in [3.05, 3.63) is 10.3 Å². The maximum atomic E-state index is 12.7. The number of allylic oxidation sites excluding steroid dienone is 1. The molecule has 0 radical (unpaired) electrons. The zero-order valence-corrected chi connectivity index (χ0v) is 9.33. The fourth-order valence-electron chi connectivity index (χ4n) is 1.84. The fourth-order valence-corrected chi connectivity index (χ4v) is 2.24. The third-order valence-corrected chi connectivity index (χ3v) is 3.40. The van der Waals surface area contributed by atoms with Gasteiger partial charge in [-0.15, -0.1) is 0 Å². The minimum Gasteiger partial charge on any atom is -0.199 e. The molecule has 0 bridgehead atoms. The summed E-state index contributed by atoms with van der Waals surface area (Å²) in [6.07, 6.45) is 4.21. The SMILES string of the molecule is CC(C)C1CCC(=C(F)Br)CC1. The second kappa shape index (κ2) is 4.40. The number of hydrogen-bond acceptors (Lipinski definition) is 0. The van der Waals surface area contributed by atoms with E-state index in [9.17, 15) is 4.39 Å². The van der Waals surface area contributed by atoms with Gasteiger partial charge < -0.3 is 0 Å². The molecule has 0 N–H and O–H groups in total. The second-order valence-electron chi connectivity index (χ2n) is 3.95. The Balaban J connectivity index is 2.45. The molecule has 1 rings (SSSR count). The van der Waals surface area contributed by atoms with E-state index in [1.165, 1.54) is 0 Å². The molecule has 0 unspecified atom stereocenters. The summed E-state index contributed by atoms with van der Waals surface area (Å²) in [5, 5.41) is 0. The van der Waals surface area contributed by atoms with Gasteiger partial charge in [-0.1, -0.05) is 13.8 Å². The number of rotatable bonds is 1. The van der Waals surface area contributed by atoms with Crippen LogP contribution in [0.3, 0.4) is 0 Å². The van der Waals surface area contributed by atoms with Crippen LogP contribution < -0.4 is 0 Å². The molecule has 0 aromatic rings. The van der Waals surface area contributed by atoms with Gasteiger partial charge in [-0.25, -0.2) is 0 Å². The Morgan fingerprint density at radius 1 is 1.42 bits per heavy atom. The smallest absolute Gasteiger partial charge is 0.164 e. The summed E-state index contributed by atoms with van der Waals surface area (Å²) < 4.78 is 12.6. The van der Waals surface area contributed by atoms with E-state index in [1.807, 2.05) is 0 Å². The van der Waals surface area contributed by atoms with Gasteiger partial charge in [0, 0.05) is 0 Å². The molecule has 0 aromatic heterocycles. The number of halogens is 2. The molecule has 0 aliphatic heterocycles. The molecule has 0 aromatic carbocycles. The summed E-state index contributed by atoms with van der Waals surface area (Å²) in [4.78, 5) is 0. The van der Waals surface area contributed by atoms with Crippen molar-refractivity contribution in [2.45, 2.75) is 39.5 Å². The Morgan fingerprint density at radius 2 is 1.92 bits per heavy atom. The maximum Gasteiger partial charge on any atom is 0.164 e. The van der Waals surface area contributed by atoms with Crippen molar-refractivity contribution in [3.8, 4) is 0 Å². The Labute approximate surface area is 82.4 Å². The molecule has 0 saturated heterocycles. The van der Waals surface area contributed by atoms with Gasteiger partial charge in [0.05, 0.1) is 0 Å². The summed E-state index contributed by atoms with van der Waals surface area (Å²) in [7, 11) is 0. The molecule has 0 amide bonds. The molecule has 1 aliphatic rings. The topological polar surface area (TPSA) is 0 Å². The molecule has 0 spiro atoms. The molecule has 0 nitrogen and oxygen atoms in total. The van der Waals surface area contributed by atoms with Gasteiger partial charge in [0.2, 0.25) is 0 Å². The monoisotopic (exact) mass is 234 g/mol. The van der Waals surface area contributed by atoms with E-state index in [2.05, 4.69) is 29.8 Å². The molecule has 1 fully saturated rings. The predicted molar refractivity (Wildman–Crippen MR) is 53.9 cm³/mol. The Morgan fingerprint density at radius 3 is 2.25 bits per heavy atom. The molecule has 1 aliphatic carbocycles. The summed E-state index contributed by atoms with van der Waals surface area (Å²) in [5.41, 5.74) is 0.979. The first kappa shape index (κ1) is 10.2. The second-order valence-corrected chi connectivity index (χ2v) is 4.64. The standard InChI is InChI=1S/C10H16BrF/c1-7(2)8-3-5-9(6-4-8)10(11)12/h7-8H,3-6H2,1-2H3. The van der Waals surface area contributed by atoms with E-state index in [0.29, 0.717) is 0 Å². The molecule has 2 heteroatoms. The van der Waals surface area contributed by atoms with Crippen molar-refractivity contribution >= 4 is 15.9 Å².